The normalized spacial score (nSPS) is 18.5. The van der Waals surface area contributed by atoms with Gasteiger partial charge in [-0.1, -0.05) is 25.1 Å². The number of piperazine rings is 1. The Labute approximate surface area is 134 Å². The minimum absolute atomic E-state index is 0.146. The highest BCUT2D eigenvalue weighted by Crippen LogP contribution is 2.16. The zero-order valence-corrected chi connectivity index (χ0v) is 14.2. The number of hydrogen-bond donors (Lipinski definition) is 1. The number of β-amino-alcohol motifs (C(OH)–C–C–N with tert-alkyl or cyclic N) is 1. The van der Waals surface area contributed by atoms with Crippen molar-refractivity contribution < 1.29 is 9.84 Å². The van der Waals surface area contributed by atoms with Crippen LogP contribution in [0.2, 0.25) is 0 Å². The van der Waals surface area contributed by atoms with Gasteiger partial charge < -0.3 is 14.7 Å². The summed E-state index contributed by atoms with van der Waals surface area (Å²) in [5.41, 5.74) is 1.14. The maximum Gasteiger partial charge on any atom is 0.0900 e. The molecule has 0 aromatic heterocycles. The number of aliphatic hydroxyl groups is 1. The second-order valence-corrected chi connectivity index (χ2v) is 6.70. The lowest BCUT2D eigenvalue weighted by molar-refractivity contribution is -0.0674. The summed E-state index contributed by atoms with van der Waals surface area (Å²) >= 11 is 0. The molecule has 0 unspecified atom stereocenters. The molecule has 124 valence electrons. The van der Waals surface area contributed by atoms with Gasteiger partial charge in [-0.3, -0.25) is 4.90 Å². The summed E-state index contributed by atoms with van der Waals surface area (Å²) < 4.78 is 5.79. The molecule has 0 bridgehead atoms. The standard InChI is InChI=1S/C18H30N2O2/c1-4-18(2,3)22-15-17(21)14-19-10-12-20(13-11-19)16-8-6-5-7-9-16/h5-9,17,21H,4,10-15H2,1-3H3/t17-/m1/s1. The summed E-state index contributed by atoms with van der Waals surface area (Å²) in [6.07, 6.45) is 0.546. The van der Waals surface area contributed by atoms with Gasteiger partial charge in [0.05, 0.1) is 18.3 Å². The van der Waals surface area contributed by atoms with Gasteiger partial charge in [-0.05, 0) is 32.4 Å². The number of para-hydroxylation sites is 1. The van der Waals surface area contributed by atoms with E-state index in [0.717, 1.165) is 32.6 Å². The van der Waals surface area contributed by atoms with E-state index in [1.54, 1.807) is 0 Å². The molecule has 1 aliphatic heterocycles. The van der Waals surface area contributed by atoms with Crippen molar-refractivity contribution in [1.82, 2.24) is 4.90 Å². The maximum absolute atomic E-state index is 10.2. The molecular formula is C18H30N2O2. The summed E-state index contributed by atoms with van der Waals surface area (Å²) in [6, 6.07) is 10.5. The first-order chi connectivity index (χ1) is 10.5. The van der Waals surface area contributed by atoms with Gasteiger partial charge in [0.15, 0.2) is 0 Å². The van der Waals surface area contributed by atoms with E-state index in [4.69, 9.17) is 4.74 Å². The van der Waals surface area contributed by atoms with Gasteiger partial charge in [0.25, 0.3) is 0 Å². The van der Waals surface area contributed by atoms with E-state index in [2.05, 4.69) is 54.8 Å². The number of hydrogen-bond acceptors (Lipinski definition) is 4. The van der Waals surface area contributed by atoms with Crippen molar-refractivity contribution in [2.45, 2.75) is 38.9 Å². The van der Waals surface area contributed by atoms with Crippen LogP contribution in [0.25, 0.3) is 0 Å². The van der Waals surface area contributed by atoms with Crippen LogP contribution in [-0.4, -0.2) is 61.0 Å². The van der Waals surface area contributed by atoms with Crippen molar-refractivity contribution >= 4 is 5.69 Å². The molecule has 0 amide bonds. The highest BCUT2D eigenvalue weighted by molar-refractivity contribution is 5.46. The molecule has 1 fully saturated rings. The lowest BCUT2D eigenvalue weighted by atomic mass is 10.1. The predicted molar refractivity (Wildman–Crippen MR) is 91.4 cm³/mol. The lowest BCUT2D eigenvalue weighted by Crippen LogP contribution is -2.49. The Morgan fingerprint density at radius 3 is 2.36 bits per heavy atom. The first kappa shape index (κ1) is 17.3. The van der Waals surface area contributed by atoms with Crippen molar-refractivity contribution in [3.8, 4) is 0 Å². The Bertz CT molecular complexity index is 428. The first-order valence-electron chi connectivity index (χ1n) is 8.34. The molecule has 22 heavy (non-hydrogen) atoms. The Hall–Kier alpha value is -1.10. The van der Waals surface area contributed by atoms with E-state index in [9.17, 15) is 5.11 Å². The molecule has 0 spiro atoms. The smallest absolute Gasteiger partial charge is 0.0900 e. The molecule has 2 rings (SSSR count). The molecule has 1 heterocycles. The summed E-state index contributed by atoms with van der Waals surface area (Å²) in [4.78, 5) is 4.73. The zero-order valence-electron chi connectivity index (χ0n) is 14.2. The summed E-state index contributed by atoms with van der Waals surface area (Å²) in [5.74, 6) is 0. The second-order valence-electron chi connectivity index (χ2n) is 6.70. The van der Waals surface area contributed by atoms with Crippen molar-refractivity contribution in [2.75, 3.05) is 44.2 Å². The van der Waals surface area contributed by atoms with Crippen molar-refractivity contribution in [1.29, 1.82) is 0 Å². The van der Waals surface area contributed by atoms with Crippen LogP contribution < -0.4 is 4.90 Å². The van der Waals surface area contributed by atoms with Crippen LogP contribution in [0.15, 0.2) is 30.3 Å². The Morgan fingerprint density at radius 1 is 1.14 bits per heavy atom. The van der Waals surface area contributed by atoms with Gasteiger partial charge >= 0.3 is 0 Å². The van der Waals surface area contributed by atoms with Gasteiger partial charge in [-0.15, -0.1) is 0 Å². The van der Waals surface area contributed by atoms with Crippen molar-refractivity contribution in [2.24, 2.45) is 0 Å². The van der Waals surface area contributed by atoms with E-state index in [0.29, 0.717) is 13.2 Å². The number of nitrogens with zero attached hydrogens (tertiary/aromatic N) is 2. The third-order valence-corrected chi connectivity index (χ3v) is 4.48. The second kappa shape index (κ2) is 7.95. The molecule has 0 saturated carbocycles. The van der Waals surface area contributed by atoms with Crippen LogP contribution >= 0.6 is 0 Å². The van der Waals surface area contributed by atoms with Crippen LogP contribution in [0.4, 0.5) is 5.69 Å². The van der Waals surface area contributed by atoms with Gasteiger partial charge in [0.1, 0.15) is 0 Å². The average molecular weight is 306 g/mol. The number of anilines is 1. The third-order valence-electron chi connectivity index (χ3n) is 4.48. The quantitative estimate of drug-likeness (QED) is 0.839. The van der Waals surface area contributed by atoms with Crippen LogP contribution in [-0.2, 0) is 4.74 Å². The summed E-state index contributed by atoms with van der Waals surface area (Å²) in [7, 11) is 0. The first-order valence-corrected chi connectivity index (χ1v) is 8.34. The molecule has 1 aliphatic rings. The minimum atomic E-state index is -0.408. The zero-order chi connectivity index (χ0) is 16.0. The van der Waals surface area contributed by atoms with E-state index in [-0.39, 0.29) is 5.60 Å². The molecule has 1 saturated heterocycles. The highest BCUT2D eigenvalue weighted by atomic mass is 16.5. The third kappa shape index (κ3) is 5.27. The van der Waals surface area contributed by atoms with E-state index in [1.165, 1.54) is 5.69 Å². The highest BCUT2D eigenvalue weighted by Gasteiger charge is 2.21. The van der Waals surface area contributed by atoms with E-state index in [1.807, 2.05) is 6.07 Å². The number of benzene rings is 1. The molecule has 0 radical (unpaired) electrons. The molecular weight excluding hydrogens is 276 g/mol. The molecule has 0 aliphatic carbocycles. The SMILES string of the molecule is CCC(C)(C)OC[C@H](O)CN1CCN(c2ccccc2)CC1. The fourth-order valence-corrected chi connectivity index (χ4v) is 2.60. The average Bonchev–Trinajstić information content (AvgIpc) is 2.55. The number of aliphatic hydroxyl groups excluding tert-OH is 1. The van der Waals surface area contributed by atoms with Crippen LogP contribution in [0, 0.1) is 0 Å². The molecule has 4 heteroatoms. The fraction of sp³-hybridized carbons (Fsp3) is 0.667. The molecule has 1 aromatic rings. The number of rotatable bonds is 7. The van der Waals surface area contributed by atoms with Gasteiger partial charge in [0.2, 0.25) is 0 Å². The lowest BCUT2D eigenvalue weighted by Gasteiger charge is -2.37. The fourth-order valence-electron chi connectivity index (χ4n) is 2.60. The molecule has 1 aromatic carbocycles. The minimum Gasteiger partial charge on any atom is -0.389 e. The predicted octanol–water partition coefficient (Wildman–Crippen LogP) is 2.37. The monoisotopic (exact) mass is 306 g/mol. The topological polar surface area (TPSA) is 35.9 Å². The van der Waals surface area contributed by atoms with Crippen LogP contribution in [0.5, 0.6) is 0 Å². The van der Waals surface area contributed by atoms with Crippen LogP contribution in [0.3, 0.4) is 0 Å². The van der Waals surface area contributed by atoms with Gasteiger partial charge in [-0.25, -0.2) is 0 Å². The summed E-state index contributed by atoms with van der Waals surface area (Å²) in [6.45, 7) is 11.4. The van der Waals surface area contributed by atoms with Gasteiger partial charge in [-0.2, -0.15) is 0 Å². The summed E-state index contributed by atoms with van der Waals surface area (Å²) in [5, 5.41) is 10.2. The van der Waals surface area contributed by atoms with Gasteiger partial charge in [0, 0.05) is 38.4 Å². The maximum atomic E-state index is 10.2. The van der Waals surface area contributed by atoms with Crippen molar-refractivity contribution in [3.63, 3.8) is 0 Å². The molecule has 1 N–H and O–H groups in total. The molecule has 4 nitrogen and oxygen atoms in total. The van der Waals surface area contributed by atoms with Crippen molar-refractivity contribution in [3.05, 3.63) is 30.3 Å². The van der Waals surface area contributed by atoms with E-state index >= 15 is 0 Å². The Balaban J connectivity index is 1.71. The Morgan fingerprint density at radius 2 is 1.77 bits per heavy atom. The number of ether oxygens (including phenoxy) is 1. The largest absolute Gasteiger partial charge is 0.389 e. The molecule has 1 atom stereocenters. The van der Waals surface area contributed by atoms with Crippen LogP contribution in [0.1, 0.15) is 27.2 Å². The van der Waals surface area contributed by atoms with E-state index < -0.39 is 6.10 Å². The Kier molecular flexibility index (Phi) is 6.24.